The Morgan fingerprint density at radius 1 is 1.45 bits per heavy atom. The molecule has 0 aromatic carbocycles. The van der Waals surface area contributed by atoms with Crippen molar-refractivity contribution in [3.63, 3.8) is 0 Å². The molecule has 0 aromatic rings. The van der Waals surface area contributed by atoms with Crippen LogP contribution in [-0.2, 0) is 0 Å². The molecule has 1 heteroatoms. The molecule has 0 aromatic heterocycles. The van der Waals surface area contributed by atoms with Crippen molar-refractivity contribution < 1.29 is 0 Å². The summed E-state index contributed by atoms with van der Waals surface area (Å²) in [5.74, 6) is 0. The second-order valence-corrected chi connectivity index (χ2v) is 8.84. The fraction of sp³-hybridized carbons (Fsp3) is 0.500. The molecule has 0 spiro atoms. The van der Waals surface area contributed by atoms with E-state index in [2.05, 4.69) is 38.5 Å². The van der Waals surface area contributed by atoms with Gasteiger partial charge in [0.15, 0.2) is 0 Å². The average molecular weight is 166 g/mol. The van der Waals surface area contributed by atoms with E-state index >= 15 is 0 Å². The highest BCUT2D eigenvalue weighted by atomic mass is 28.3. The van der Waals surface area contributed by atoms with Crippen molar-refractivity contribution in [3.05, 3.63) is 30.2 Å². The van der Waals surface area contributed by atoms with Crippen LogP contribution in [0.1, 0.15) is 12.8 Å². The minimum absolute atomic E-state index is 1.06. The quantitative estimate of drug-likeness (QED) is 0.340. The molecule has 0 rings (SSSR count). The maximum Gasteiger partial charge on any atom is 0.0823 e. The van der Waals surface area contributed by atoms with Crippen LogP contribution in [0.5, 0.6) is 0 Å². The molecule has 0 nitrogen and oxygen atoms in total. The molecule has 0 amide bonds. The van der Waals surface area contributed by atoms with E-state index in [0.717, 1.165) is 12.8 Å². The summed E-state index contributed by atoms with van der Waals surface area (Å²) in [6.45, 7) is 14.4. The van der Waals surface area contributed by atoms with E-state index in [1.165, 1.54) is 5.20 Å². The molecular formula is C10H18Si. The fourth-order valence-electron chi connectivity index (χ4n) is 0.975. The Bertz CT molecular complexity index is 178. The zero-order valence-electron chi connectivity index (χ0n) is 7.91. The SMILES string of the molecule is C=C=C(CCC=C)[Si](C)(C)C. The van der Waals surface area contributed by atoms with Gasteiger partial charge in [-0.25, -0.2) is 0 Å². The minimum atomic E-state index is -1.13. The lowest BCUT2D eigenvalue weighted by Gasteiger charge is -2.17. The molecule has 0 saturated heterocycles. The Morgan fingerprint density at radius 2 is 2.00 bits per heavy atom. The third-order valence-corrected chi connectivity index (χ3v) is 3.95. The van der Waals surface area contributed by atoms with Gasteiger partial charge in [0.05, 0.1) is 8.07 Å². The summed E-state index contributed by atoms with van der Waals surface area (Å²) in [5, 5.41) is 1.43. The van der Waals surface area contributed by atoms with Crippen LogP contribution in [0.15, 0.2) is 30.2 Å². The van der Waals surface area contributed by atoms with Crippen LogP contribution in [0.2, 0.25) is 19.6 Å². The number of hydrogen-bond donors (Lipinski definition) is 0. The first-order chi connectivity index (χ1) is 5.02. The lowest BCUT2D eigenvalue weighted by atomic mass is 10.3. The highest BCUT2D eigenvalue weighted by Crippen LogP contribution is 2.17. The number of rotatable bonds is 4. The van der Waals surface area contributed by atoms with E-state index in [4.69, 9.17) is 0 Å². The lowest BCUT2D eigenvalue weighted by molar-refractivity contribution is 1.03. The highest BCUT2D eigenvalue weighted by molar-refractivity contribution is 6.83. The van der Waals surface area contributed by atoms with E-state index in [9.17, 15) is 0 Å². The van der Waals surface area contributed by atoms with Crippen LogP contribution in [0.4, 0.5) is 0 Å². The van der Waals surface area contributed by atoms with Crippen LogP contribution in [-0.4, -0.2) is 8.07 Å². The summed E-state index contributed by atoms with van der Waals surface area (Å²) in [6, 6.07) is 0. The first-order valence-corrected chi connectivity index (χ1v) is 7.52. The van der Waals surface area contributed by atoms with Gasteiger partial charge < -0.3 is 0 Å². The summed E-state index contributed by atoms with van der Waals surface area (Å²) in [6.07, 6.45) is 4.11. The van der Waals surface area contributed by atoms with Crippen molar-refractivity contribution in [3.8, 4) is 0 Å². The predicted octanol–water partition coefficient (Wildman–Crippen LogP) is 3.54. The first kappa shape index (κ1) is 10.5. The smallest absolute Gasteiger partial charge is 0.0823 e. The van der Waals surface area contributed by atoms with Gasteiger partial charge in [-0.05, 0) is 18.0 Å². The normalized spacial score (nSPS) is 10.5. The molecule has 0 unspecified atom stereocenters. The Labute approximate surface area is 71.3 Å². The van der Waals surface area contributed by atoms with Crippen LogP contribution in [0.25, 0.3) is 0 Å². The van der Waals surface area contributed by atoms with Crippen molar-refractivity contribution in [1.29, 1.82) is 0 Å². The molecule has 0 fully saturated rings. The fourth-order valence-corrected chi connectivity index (χ4v) is 2.40. The van der Waals surface area contributed by atoms with Gasteiger partial charge in [-0.3, -0.25) is 0 Å². The molecule has 0 aliphatic heterocycles. The molecule has 0 N–H and O–H groups in total. The standard InChI is InChI=1S/C10H18Si/c1-6-8-9-10(7-2)11(3,4)5/h6H,1-2,8-9H2,3-5H3. The van der Waals surface area contributed by atoms with E-state index in [0.29, 0.717) is 0 Å². The van der Waals surface area contributed by atoms with Gasteiger partial charge in [0.25, 0.3) is 0 Å². The zero-order chi connectivity index (χ0) is 8.91. The maximum atomic E-state index is 3.72. The Kier molecular flexibility index (Phi) is 4.17. The van der Waals surface area contributed by atoms with Gasteiger partial charge in [0, 0.05) is 0 Å². The molecule has 62 valence electrons. The second-order valence-electron chi connectivity index (χ2n) is 3.73. The third kappa shape index (κ3) is 4.02. The summed E-state index contributed by atoms with van der Waals surface area (Å²) in [5.41, 5.74) is 3.06. The molecule has 0 atom stereocenters. The van der Waals surface area contributed by atoms with Crippen LogP contribution in [0.3, 0.4) is 0 Å². The van der Waals surface area contributed by atoms with Gasteiger partial charge >= 0.3 is 0 Å². The number of hydrogen-bond acceptors (Lipinski definition) is 0. The highest BCUT2D eigenvalue weighted by Gasteiger charge is 2.17. The third-order valence-electron chi connectivity index (χ3n) is 1.72. The van der Waals surface area contributed by atoms with Gasteiger partial charge in [-0.1, -0.05) is 32.3 Å². The average Bonchev–Trinajstić information content (AvgIpc) is 1.87. The van der Waals surface area contributed by atoms with Crippen LogP contribution in [0, 0.1) is 0 Å². The Morgan fingerprint density at radius 3 is 2.27 bits per heavy atom. The monoisotopic (exact) mass is 166 g/mol. The Balaban J connectivity index is 4.21. The summed E-state index contributed by atoms with van der Waals surface area (Å²) >= 11 is 0. The molecule has 0 saturated carbocycles. The van der Waals surface area contributed by atoms with Crippen molar-refractivity contribution >= 4 is 8.07 Å². The van der Waals surface area contributed by atoms with Crippen molar-refractivity contribution in [2.45, 2.75) is 32.5 Å². The molecule has 0 heterocycles. The molecule has 0 bridgehead atoms. The molecule has 0 aliphatic rings. The van der Waals surface area contributed by atoms with Gasteiger partial charge in [0.2, 0.25) is 0 Å². The number of allylic oxidation sites excluding steroid dienone is 2. The predicted molar refractivity (Wildman–Crippen MR) is 55.4 cm³/mol. The second kappa shape index (κ2) is 4.37. The van der Waals surface area contributed by atoms with Gasteiger partial charge in [-0.2, -0.15) is 0 Å². The Hall–Kier alpha value is -0.523. The summed E-state index contributed by atoms with van der Waals surface area (Å²) in [4.78, 5) is 0. The van der Waals surface area contributed by atoms with Crippen molar-refractivity contribution in [2.75, 3.05) is 0 Å². The van der Waals surface area contributed by atoms with Gasteiger partial charge in [-0.15, -0.1) is 12.3 Å². The lowest BCUT2D eigenvalue weighted by Crippen LogP contribution is -2.23. The van der Waals surface area contributed by atoms with E-state index in [1.54, 1.807) is 0 Å². The van der Waals surface area contributed by atoms with E-state index in [1.807, 2.05) is 6.08 Å². The van der Waals surface area contributed by atoms with Crippen molar-refractivity contribution in [2.24, 2.45) is 0 Å². The molecular weight excluding hydrogens is 148 g/mol. The zero-order valence-corrected chi connectivity index (χ0v) is 8.91. The molecule has 0 aliphatic carbocycles. The summed E-state index contributed by atoms with van der Waals surface area (Å²) in [7, 11) is -1.13. The van der Waals surface area contributed by atoms with Crippen LogP contribution < -0.4 is 0 Å². The topological polar surface area (TPSA) is 0 Å². The molecule has 0 radical (unpaired) electrons. The maximum absolute atomic E-state index is 3.72. The minimum Gasteiger partial charge on any atom is -0.134 e. The summed E-state index contributed by atoms with van der Waals surface area (Å²) < 4.78 is 0. The van der Waals surface area contributed by atoms with E-state index < -0.39 is 8.07 Å². The largest absolute Gasteiger partial charge is 0.134 e. The van der Waals surface area contributed by atoms with Crippen LogP contribution >= 0.6 is 0 Å². The van der Waals surface area contributed by atoms with Crippen molar-refractivity contribution in [1.82, 2.24) is 0 Å². The molecule has 11 heavy (non-hydrogen) atoms. The van der Waals surface area contributed by atoms with Gasteiger partial charge in [0.1, 0.15) is 0 Å². The first-order valence-electron chi connectivity index (χ1n) is 4.02. The van der Waals surface area contributed by atoms with E-state index in [-0.39, 0.29) is 0 Å².